The number of aryl methyl sites for hydroxylation is 1. The lowest BCUT2D eigenvalue weighted by Crippen LogP contribution is -2.52. The van der Waals surface area contributed by atoms with E-state index in [0.29, 0.717) is 6.54 Å². The lowest BCUT2D eigenvalue weighted by atomic mass is 10.2. The van der Waals surface area contributed by atoms with E-state index in [1.165, 1.54) is 16.9 Å². The van der Waals surface area contributed by atoms with Crippen LogP contribution in [0.25, 0.3) is 0 Å². The molecule has 1 saturated heterocycles. The zero-order valence-electron chi connectivity index (χ0n) is 16.3. The van der Waals surface area contributed by atoms with Crippen molar-refractivity contribution in [3.8, 4) is 0 Å². The Morgan fingerprint density at radius 1 is 1.15 bits per heavy atom. The van der Waals surface area contributed by atoms with E-state index in [1.807, 2.05) is 29.4 Å². The summed E-state index contributed by atoms with van der Waals surface area (Å²) in [7, 11) is 0. The third-order valence-electron chi connectivity index (χ3n) is 5.00. The summed E-state index contributed by atoms with van der Waals surface area (Å²) in [6.45, 7) is 9.79. The van der Waals surface area contributed by atoms with Crippen LogP contribution in [-0.2, 0) is 0 Å². The molecule has 3 rings (SSSR count). The van der Waals surface area contributed by atoms with Gasteiger partial charge in [0.15, 0.2) is 0 Å². The number of nitrogens with zero attached hydrogens (tertiary/aromatic N) is 4. The molecular weight excluding hydrogens is 338 g/mol. The molecule has 0 aliphatic carbocycles. The van der Waals surface area contributed by atoms with Crippen molar-refractivity contribution in [3.63, 3.8) is 0 Å². The monoisotopic (exact) mass is 367 g/mol. The van der Waals surface area contributed by atoms with Gasteiger partial charge in [-0.2, -0.15) is 0 Å². The number of urea groups is 1. The summed E-state index contributed by atoms with van der Waals surface area (Å²) in [4.78, 5) is 23.0. The minimum atomic E-state index is 0.0321. The molecular formula is C21H29N5O. The van der Waals surface area contributed by atoms with Crippen molar-refractivity contribution in [1.29, 1.82) is 0 Å². The number of amides is 2. The average molecular weight is 367 g/mol. The maximum Gasteiger partial charge on any atom is 0.317 e. The fourth-order valence-electron chi connectivity index (χ4n) is 3.43. The Morgan fingerprint density at radius 2 is 1.89 bits per heavy atom. The summed E-state index contributed by atoms with van der Waals surface area (Å²) in [5.41, 5.74) is 3.63. The topological polar surface area (TPSA) is 51.7 Å². The molecule has 2 heterocycles. The van der Waals surface area contributed by atoms with E-state index in [4.69, 9.17) is 0 Å². The van der Waals surface area contributed by atoms with Crippen LogP contribution in [0, 0.1) is 6.92 Å². The van der Waals surface area contributed by atoms with Crippen molar-refractivity contribution in [2.75, 3.05) is 55.6 Å². The molecule has 2 amide bonds. The van der Waals surface area contributed by atoms with Crippen LogP contribution in [0.5, 0.6) is 0 Å². The summed E-state index contributed by atoms with van der Waals surface area (Å²) in [6, 6.07) is 12.5. The van der Waals surface area contributed by atoms with Crippen LogP contribution in [-0.4, -0.2) is 61.7 Å². The molecule has 144 valence electrons. The van der Waals surface area contributed by atoms with Crippen molar-refractivity contribution in [3.05, 3.63) is 54.4 Å². The lowest BCUT2D eigenvalue weighted by Gasteiger charge is -2.36. The normalized spacial score (nSPS) is 14.1. The second kappa shape index (κ2) is 9.26. The number of aromatic nitrogens is 1. The van der Waals surface area contributed by atoms with Crippen LogP contribution in [0.2, 0.25) is 0 Å². The number of carbonyl (C=O) groups is 1. The molecule has 1 N–H and O–H groups in total. The van der Waals surface area contributed by atoms with Gasteiger partial charge in [-0.1, -0.05) is 12.1 Å². The van der Waals surface area contributed by atoms with E-state index < -0.39 is 0 Å². The van der Waals surface area contributed by atoms with Gasteiger partial charge in [-0.25, -0.2) is 4.79 Å². The molecule has 1 aliphatic rings. The number of rotatable bonds is 6. The smallest absolute Gasteiger partial charge is 0.317 e. The van der Waals surface area contributed by atoms with Crippen LogP contribution in [0.1, 0.15) is 12.5 Å². The van der Waals surface area contributed by atoms with Crippen molar-refractivity contribution in [1.82, 2.24) is 15.2 Å². The Bertz CT molecular complexity index is 728. The number of carbonyl (C=O) groups excluding carboxylic acids is 1. The van der Waals surface area contributed by atoms with Crippen molar-refractivity contribution in [2.24, 2.45) is 0 Å². The molecule has 0 atom stereocenters. The summed E-state index contributed by atoms with van der Waals surface area (Å²) in [5, 5.41) is 3.07. The highest BCUT2D eigenvalue weighted by atomic mass is 16.2. The van der Waals surface area contributed by atoms with Crippen molar-refractivity contribution >= 4 is 17.4 Å². The van der Waals surface area contributed by atoms with Gasteiger partial charge in [0.05, 0.1) is 0 Å². The van der Waals surface area contributed by atoms with Gasteiger partial charge in [-0.15, -0.1) is 0 Å². The van der Waals surface area contributed by atoms with E-state index in [-0.39, 0.29) is 6.03 Å². The van der Waals surface area contributed by atoms with Gasteiger partial charge in [0.25, 0.3) is 0 Å². The summed E-state index contributed by atoms with van der Waals surface area (Å²) >= 11 is 0. The molecule has 2 aromatic rings. The minimum absolute atomic E-state index is 0.0321. The highest BCUT2D eigenvalue weighted by Crippen LogP contribution is 2.16. The highest BCUT2D eigenvalue weighted by Gasteiger charge is 2.21. The largest absolute Gasteiger partial charge is 0.370 e. The summed E-state index contributed by atoms with van der Waals surface area (Å²) in [6.07, 6.45) is 3.62. The Balaban J connectivity index is 1.43. The van der Waals surface area contributed by atoms with Gasteiger partial charge in [-0.3, -0.25) is 4.98 Å². The predicted molar refractivity (Wildman–Crippen MR) is 110 cm³/mol. The van der Waals surface area contributed by atoms with Gasteiger partial charge in [0, 0.05) is 69.6 Å². The Kier molecular flexibility index (Phi) is 6.52. The highest BCUT2D eigenvalue weighted by molar-refractivity contribution is 5.74. The van der Waals surface area contributed by atoms with E-state index >= 15 is 0 Å². The first-order valence-electron chi connectivity index (χ1n) is 9.66. The number of piperazine rings is 1. The molecule has 1 fully saturated rings. The third-order valence-corrected chi connectivity index (χ3v) is 5.00. The zero-order valence-corrected chi connectivity index (χ0v) is 16.3. The molecule has 1 aromatic carbocycles. The van der Waals surface area contributed by atoms with E-state index in [1.54, 1.807) is 0 Å². The van der Waals surface area contributed by atoms with Crippen molar-refractivity contribution in [2.45, 2.75) is 13.8 Å². The molecule has 0 radical (unpaired) electrons. The van der Waals surface area contributed by atoms with Crippen LogP contribution in [0.3, 0.4) is 0 Å². The first kappa shape index (κ1) is 19.0. The second-order valence-corrected chi connectivity index (χ2v) is 6.83. The quantitative estimate of drug-likeness (QED) is 0.853. The van der Waals surface area contributed by atoms with Gasteiger partial charge in [0.1, 0.15) is 0 Å². The molecule has 1 aliphatic heterocycles. The fourth-order valence-corrected chi connectivity index (χ4v) is 3.43. The first-order chi connectivity index (χ1) is 13.2. The van der Waals surface area contributed by atoms with Gasteiger partial charge >= 0.3 is 6.03 Å². The minimum Gasteiger partial charge on any atom is -0.370 e. The first-order valence-corrected chi connectivity index (χ1v) is 9.66. The maximum atomic E-state index is 12.5. The maximum absolute atomic E-state index is 12.5. The van der Waals surface area contributed by atoms with Crippen LogP contribution < -0.4 is 15.1 Å². The number of pyridine rings is 1. The average Bonchev–Trinajstić information content (AvgIpc) is 2.72. The Labute approximate surface area is 161 Å². The van der Waals surface area contributed by atoms with E-state index in [2.05, 4.69) is 58.2 Å². The molecule has 0 bridgehead atoms. The van der Waals surface area contributed by atoms with Gasteiger partial charge in [0.2, 0.25) is 0 Å². The number of anilines is 2. The molecule has 6 heteroatoms. The third kappa shape index (κ3) is 5.12. The molecule has 1 aromatic heterocycles. The molecule has 6 nitrogen and oxygen atoms in total. The number of benzene rings is 1. The number of hydrogen-bond acceptors (Lipinski definition) is 4. The molecule has 27 heavy (non-hydrogen) atoms. The van der Waals surface area contributed by atoms with Crippen LogP contribution in [0.15, 0.2) is 48.8 Å². The SMILES string of the molecule is CCN(CCNC(=O)N1CCN(c2ccncc2)CC1)c1cccc(C)c1. The number of hydrogen-bond donors (Lipinski definition) is 1. The van der Waals surface area contributed by atoms with E-state index in [9.17, 15) is 4.79 Å². The molecule has 0 saturated carbocycles. The Hall–Kier alpha value is -2.76. The second-order valence-electron chi connectivity index (χ2n) is 6.83. The summed E-state index contributed by atoms with van der Waals surface area (Å²) in [5.74, 6) is 0. The fraction of sp³-hybridized carbons (Fsp3) is 0.429. The van der Waals surface area contributed by atoms with Gasteiger partial charge in [-0.05, 0) is 43.7 Å². The lowest BCUT2D eigenvalue weighted by molar-refractivity contribution is 0.194. The van der Waals surface area contributed by atoms with E-state index in [0.717, 1.165) is 39.3 Å². The zero-order chi connectivity index (χ0) is 19.1. The number of likely N-dealkylation sites (N-methyl/N-ethyl adjacent to an activating group) is 1. The summed E-state index contributed by atoms with van der Waals surface area (Å²) < 4.78 is 0. The Morgan fingerprint density at radius 3 is 2.56 bits per heavy atom. The van der Waals surface area contributed by atoms with Crippen LogP contribution >= 0.6 is 0 Å². The molecule has 0 unspecified atom stereocenters. The van der Waals surface area contributed by atoms with Crippen LogP contribution in [0.4, 0.5) is 16.2 Å². The van der Waals surface area contributed by atoms with Gasteiger partial charge < -0.3 is 20.0 Å². The predicted octanol–water partition coefficient (Wildman–Crippen LogP) is 2.75. The molecule has 0 spiro atoms. The number of nitrogens with one attached hydrogen (secondary N) is 1. The van der Waals surface area contributed by atoms with Crippen molar-refractivity contribution < 1.29 is 4.79 Å². The standard InChI is InChI=1S/C21H29N5O/c1-3-24(20-6-4-5-18(2)17-20)12-11-23-21(27)26-15-13-25(14-16-26)19-7-9-22-10-8-19/h4-10,17H,3,11-16H2,1-2H3,(H,23,27).